The van der Waals surface area contributed by atoms with Gasteiger partial charge in [0.05, 0.1) is 13.2 Å². The van der Waals surface area contributed by atoms with Gasteiger partial charge in [-0.3, -0.25) is 0 Å². The lowest BCUT2D eigenvalue weighted by atomic mass is 10.1. The molecular formula is C17H25NO. The van der Waals surface area contributed by atoms with Crippen molar-refractivity contribution in [3.63, 3.8) is 0 Å². The van der Waals surface area contributed by atoms with E-state index in [2.05, 4.69) is 50.9 Å². The molecule has 19 heavy (non-hydrogen) atoms. The molecule has 0 amide bonds. The summed E-state index contributed by atoms with van der Waals surface area (Å²) >= 11 is 0. The van der Waals surface area contributed by atoms with E-state index >= 15 is 0 Å². The number of hydrogen-bond donors (Lipinski definition) is 1. The van der Waals surface area contributed by atoms with E-state index in [-0.39, 0.29) is 5.54 Å². The fourth-order valence-electron chi connectivity index (χ4n) is 1.46. The molecule has 2 nitrogen and oxygen atoms in total. The second kappa shape index (κ2) is 7.93. The van der Waals surface area contributed by atoms with Gasteiger partial charge in [-0.1, -0.05) is 49.1 Å². The first-order chi connectivity index (χ1) is 8.97. The van der Waals surface area contributed by atoms with Crippen molar-refractivity contribution < 1.29 is 4.74 Å². The molecule has 0 aromatic heterocycles. The van der Waals surface area contributed by atoms with E-state index in [1.54, 1.807) is 0 Å². The Hall–Kier alpha value is -1.38. The van der Waals surface area contributed by atoms with Crippen LogP contribution in [0.3, 0.4) is 0 Å². The van der Waals surface area contributed by atoms with E-state index in [1.807, 2.05) is 24.3 Å². The third-order valence-corrected chi connectivity index (χ3v) is 2.50. The van der Waals surface area contributed by atoms with Crippen LogP contribution < -0.4 is 5.32 Å². The maximum absolute atomic E-state index is 5.56. The maximum Gasteiger partial charge on any atom is 0.0690 e. The molecule has 1 aromatic rings. The summed E-state index contributed by atoms with van der Waals surface area (Å²) < 4.78 is 5.56. The third kappa shape index (κ3) is 8.36. The Balaban J connectivity index is 2.14. The Morgan fingerprint density at radius 2 is 1.95 bits per heavy atom. The molecule has 0 saturated heterocycles. The average molecular weight is 259 g/mol. The van der Waals surface area contributed by atoms with Gasteiger partial charge in [-0.25, -0.2) is 0 Å². The topological polar surface area (TPSA) is 21.3 Å². The van der Waals surface area contributed by atoms with E-state index in [1.165, 1.54) is 5.56 Å². The smallest absolute Gasteiger partial charge is 0.0690 e. The minimum atomic E-state index is 0.121. The van der Waals surface area contributed by atoms with Gasteiger partial charge < -0.3 is 10.1 Å². The molecule has 1 N–H and O–H groups in total. The van der Waals surface area contributed by atoms with Crippen LogP contribution in [0.25, 0.3) is 6.08 Å². The van der Waals surface area contributed by atoms with E-state index < -0.39 is 0 Å². The van der Waals surface area contributed by atoms with Crippen LogP contribution in [0.4, 0.5) is 0 Å². The first-order valence-electron chi connectivity index (χ1n) is 6.68. The van der Waals surface area contributed by atoms with E-state index in [0.29, 0.717) is 13.2 Å². The molecule has 0 saturated carbocycles. The zero-order valence-electron chi connectivity index (χ0n) is 12.3. The first kappa shape index (κ1) is 15.7. The largest absolute Gasteiger partial charge is 0.373 e. The molecule has 0 aliphatic heterocycles. The lowest BCUT2D eigenvalue weighted by molar-refractivity contribution is 0.185. The van der Waals surface area contributed by atoms with Crippen molar-refractivity contribution in [2.24, 2.45) is 0 Å². The SMILES string of the molecule is C=C(CNC(C)(C)C)COC/C=C/c1ccccc1. The molecule has 1 rings (SSSR count). The van der Waals surface area contributed by atoms with Crippen LogP contribution in [0, 0.1) is 0 Å². The maximum atomic E-state index is 5.56. The molecule has 104 valence electrons. The first-order valence-corrected chi connectivity index (χ1v) is 6.68. The molecule has 1 aromatic carbocycles. The van der Waals surface area contributed by atoms with Crippen molar-refractivity contribution in [3.05, 3.63) is 54.1 Å². The molecule has 0 bridgehead atoms. The van der Waals surface area contributed by atoms with Crippen molar-refractivity contribution in [1.29, 1.82) is 0 Å². The molecule has 0 aliphatic carbocycles. The lowest BCUT2D eigenvalue weighted by Crippen LogP contribution is -2.37. The minimum absolute atomic E-state index is 0.121. The van der Waals surface area contributed by atoms with Gasteiger partial charge in [-0.15, -0.1) is 0 Å². The van der Waals surface area contributed by atoms with Crippen LogP contribution >= 0.6 is 0 Å². The Morgan fingerprint density at radius 1 is 1.26 bits per heavy atom. The van der Waals surface area contributed by atoms with Gasteiger partial charge in [0.1, 0.15) is 0 Å². The van der Waals surface area contributed by atoms with Crippen LogP contribution in [0.1, 0.15) is 26.3 Å². The normalized spacial score (nSPS) is 11.9. The predicted molar refractivity (Wildman–Crippen MR) is 83.2 cm³/mol. The predicted octanol–water partition coefficient (Wildman–Crippen LogP) is 3.66. The van der Waals surface area contributed by atoms with Gasteiger partial charge in [-0.2, -0.15) is 0 Å². The Labute approximate surface area is 117 Å². The fourth-order valence-corrected chi connectivity index (χ4v) is 1.46. The highest BCUT2D eigenvalue weighted by atomic mass is 16.5. The molecule has 0 aliphatic rings. The molecule has 0 fully saturated rings. The Kier molecular flexibility index (Phi) is 6.54. The van der Waals surface area contributed by atoms with Crippen molar-refractivity contribution in [3.8, 4) is 0 Å². The Bertz CT molecular complexity index is 401. The third-order valence-electron chi connectivity index (χ3n) is 2.50. The highest BCUT2D eigenvalue weighted by molar-refractivity contribution is 5.48. The van der Waals surface area contributed by atoms with Gasteiger partial charge in [0, 0.05) is 12.1 Å². The second-order valence-corrected chi connectivity index (χ2v) is 5.68. The number of benzene rings is 1. The minimum Gasteiger partial charge on any atom is -0.373 e. The van der Waals surface area contributed by atoms with E-state index in [4.69, 9.17) is 4.74 Å². The van der Waals surface area contributed by atoms with Gasteiger partial charge in [-0.05, 0) is 31.9 Å². The van der Waals surface area contributed by atoms with Crippen molar-refractivity contribution >= 4 is 6.08 Å². The van der Waals surface area contributed by atoms with Crippen LogP contribution in [-0.4, -0.2) is 25.3 Å². The summed E-state index contributed by atoms with van der Waals surface area (Å²) in [4.78, 5) is 0. The summed E-state index contributed by atoms with van der Waals surface area (Å²) in [5.41, 5.74) is 2.39. The Morgan fingerprint density at radius 3 is 2.58 bits per heavy atom. The summed E-state index contributed by atoms with van der Waals surface area (Å²) in [6.45, 7) is 12.4. The van der Waals surface area contributed by atoms with Crippen molar-refractivity contribution in [2.75, 3.05) is 19.8 Å². The highest BCUT2D eigenvalue weighted by Crippen LogP contribution is 2.02. The lowest BCUT2D eigenvalue weighted by Gasteiger charge is -2.21. The molecule has 0 spiro atoms. The monoisotopic (exact) mass is 259 g/mol. The fraction of sp³-hybridized carbons (Fsp3) is 0.412. The second-order valence-electron chi connectivity index (χ2n) is 5.68. The zero-order chi connectivity index (χ0) is 14.1. The number of rotatable bonds is 7. The van der Waals surface area contributed by atoms with Crippen molar-refractivity contribution in [2.45, 2.75) is 26.3 Å². The van der Waals surface area contributed by atoms with Crippen LogP contribution in [0.15, 0.2) is 48.6 Å². The highest BCUT2D eigenvalue weighted by Gasteiger charge is 2.08. The molecule has 2 heteroatoms. The van der Waals surface area contributed by atoms with Crippen LogP contribution in [0.5, 0.6) is 0 Å². The summed E-state index contributed by atoms with van der Waals surface area (Å²) in [5, 5.41) is 3.39. The molecular weight excluding hydrogens is 234 g/mol. The standard InChI is InChI=1S/C17H25NO/c1-15(13-18-17(2,3)4)14-19-12-8-11-16-9-6-5-7-10-16/h5-11,18H,1,12-14H2,2-4H3/b11-8+. The summed E-state index contributed by atoms with van der Waals surface area (Å²) in [5.74, 6) is 0. The van der Waals surface area contributed by atoms with Gasteiger partial charge in [0.15, 0.2) is 0 Å². The van der Waals surface area contributed by atoms with Crippen molar-refractivity contribution in [1.82, 2.24) is 5.32 Å². The summed E-state index contributed by atoms with van der Waals surface area (Å²) in [7, 11) is 0. The van der Waals surface area contributed by atoms with Gasteiger partial charge in [0.25, 0.3) is 0 Å². The number of ether oxygens (including phenoxy) is 1. The van der Waals surface area contributed by atoms with E-state index in [0.717, 1.165) is 12.1 Å². The van der Waals surface area contributed by atoms with Gasteiger partial charge in [0.2, 0.25) is 0 Å². The van der Waals surface area contributed by atoms with Crippen LogP contribution in [-0.2, 0) is 4.74 Å². The average Bonchev–Trinajstić information content (AvgIpc) is 2.36. The zero-order valence-corrected chi connectivity index (χ0v) is 12.3. The summed E-state index contributed by atoms with van der Waals surface area (Å²) in [6.07, 6.45) is 4.09. The molecule has 0 radical (unpaired) electrons. The van der Waals surface area contributed by atoms with Crippen LogP contribution in [0.2, 0.25) is 0 Å². The molecule has 0 heterocycles. The number of hydrogen-bond acceptors (Lipinski definition) is 2. The van der Waals surface area contributed by atoms with E-state index in [9.17, 15) is 0 Å². The summed E-state index contributed by atoms with van der Waals surface area (Å²) in [6, 6.07) is 10.2. The van der Waals surface area contributed by atoms with Gasteiger partial charge >= 0.3 is 0 Å². The number of nitrogens with one attached hydrogen (secondary N) is 1. The molecule has 0 unspecified atom stereocenters. The quantitative estimate of drug-likeness (QED) is 0.596. The molecule has 0 atom stereocenters.